The number of ether oxygens (including phenoxy) is 1. The van der Waals surface area contributed by atoms with Crippen molar-refractivity contribution < 1.29 is 9.15 Å². The average molecular weight is 211 g/mol. The average Bonchev–Trinajstić information content (AvgIpc) is 2.69. The lowest BCUT2D eigenvalue weighted by atomic mass is 10.5. The van der Waals surface area contributed by atoms with Gasteiger partial charge in [0.25, 0.3) is 5.88 Å². The third-order valence-corrected chi connectivity index (χ3v) is 1.81. The maximum Gasteiger partial charge on any atom is 0.252 e. The number of nitrogens with zero attached hydrogens (tertiary/aromatic N) is 2. The number of aromatic nitrogens is 2. The molecule has 0 radical (unpaired) electrons. The van der Waals surface area contributed by atoms with Crippen LogP contribution in [-0.2, 0) is 6.61 Å². The Morgan fingerprint density at radius 3 is 2.93 bits per heavy atom. The highest BCUT2D eigenvalue weighted by atomic mass is 35.5. The summed E-state index contributed by atoms with van der Waals surface area (Å²) in [6.45, 7) is 0.297. The first-order chi connectivity index (χ1) is 6.86. The second-order valence-corrected chi connectivity index (χ2v) is 2.88. The molecule has 2 aromatic rings. The van der Waals surface area contributed by atoms with E-state index in [1.54, 1.807) is 12.3 Å². The zero-order valence-corrected chi connectivity index (χ0v) is 7.94. The van der Waals surface area contributed by atoms with Crippen molar-refractivity contribution in [3.8, 4) is 5.88 Å². The SMILES string of the molecule is Clc1nccnc1OCc1ccco1. The van der Waals surface area contributed by atoms with Gasteiger partial charge in [-0.25, -0.2) is 9.97 Å². The molecule has 0 N–H and O–H groups in total. The Morgan fingerprint density at radius 1 is 1.36 bits per heavy atom. The van der Waals surface area contributed by atoms with E-state index in [-0.39, 0.29) is 5.15 Å². The van der Waals surface area contributed by atoms with Gasteiger partial charge < -0.3 is 9.15 Å². The van der Waals surface area contributed by atoms with Crippen LogP contribution in [0.3, 0.4) is 0 Å². The fourth-order valence-corrected chi connectivity index (χ4v) is 1.10. The van der Waals surface area contributed by atoms with Gasteiger partial charge in [0.05, 0.1) is 6.26 Å². The molecular weight excluding hydrogens is 204 g/mol. The molecule has 4 nitrogen and oxygen atoms in total. The van der Waals surface area contributed by atoms with Gasteiger partial charge in [-0.05, 0) is 12.1 Å². The van der Waals surface area contributed by atoms with Crippen LogP contribution in [0.15, 0.2) is 35.2 Å². The summed E-state index contributed by atoms with van der Waals surface area (Å²) in [7, 11) is 0. The largest absolute Gasteiger partial charge is 0.467 e. The monoisotopic (exact) mass is 210 g/mol. The van der Waals surface area contributed by atoms with Crippen LogP contribution < -0.4 is 4.74 Å². The molecule has 0 aliphatic rings. The minimum absolute atomic E-state index is 0.249. The summed E-state index contributed by atoms with van der Waals surface area (Å²) in [5, 5.41) is 0.249. The van der Waals surface area contributed by atoms with Crippen LogP contribution in [-0.4, -0.2) is 9.97 Å². The van der Waals surface area contributed by atoms with Crippen LogP contribution in [0, 0.1) is 0 Å². The molecule has 72 valence electrons. The molecule has 0 aliphatic heterocycles. The summed E-state index contributed by atoms with van der Waals surface area (Å²) in [5.41, 5.74) is 0. The minimum Gasteiger partial charge on any atom is -0.467 e. The van der Waals surface area contributed by atoms with Crippen molar-refractivity contribution in [1.82, 2.24) is 9.97 Å². The van der Waals surface area contributed by atoms with Crippen LogP contribution in [0.2, 0.25) is 5.15 Å². The van der Waals surface area contributed by atoms with Gasteiger partial charge in [0.2, 0.25) is 0 Å². The summed E-state index contributed by atoms with van der Waals surface area (Å²) >= 11 is 5.74. The van der Waals surface area contributed by atoms with Gasteiger partial charge >= 0.3 is 0 Å². The molecule has 2 heterocycles. The van der Waals surface area contributed by atoms with E-state index in [9.17, 15) is 0 Å². The van der Waals surface area contributed by atoms with E-state index in [1.165, 1.54) is 12.4 Å². The Bertz CT molecular complexity index is 403. The third-order valence-electron chi connectivity index (χ3n) is 1.55. The van der Waals surface area contributed by atoms with Gasteiger partial charge in [-0.3, -0.25) is 0 Å². The van der Waals surface area contributed by atoms with E-state index in [1.807, 2.05) is 6.07 Å². The van der Waals surface area contributed by atoms with Gasteiger partial charge in [0.15, 0.2) is 5.15 Å². The highest BCUT2D eigenvalue weighted by Crippen LogP contribution is 2.18. The van der Waals surface area contributed by atoms with Crippen LogP contribution in [0.25, 0.3) is 0 Å². The van der Waals surface area contributed by atoms with E-state index in [4.69, 9.17) is 20.8 Å². The smallest absolute Gasteiger partial charge is 0.252 e. The van der Waals surface area contributed by atoms with Crippen molar-refractivity contribution in [2.75, 3.05) is 0 Å². The first kappa shape index (κ1) is 9.02. The quantitative estimate of drug-likeness (QED) is 0.780. The van der Waals surface area contributed by atoms with Crippen LogP contribution in [0.1, 0.15) is 5.76 Å². The summed E-state index contributed by atoms with van der Waals surface area (Å²) in [5.74, 6) is 1.03. The lowest BCUT2D eigenvalue weighted by molar-refractivity contribution is 0.259. The molecule has 2 rings (SSSR count). The Morgan fingerprint density at radius 2 is 2.21 bits per heavy atom. The van der Waals surface area contributed by atoms with Crippen molar-refractivity contribution in [3.63, 3.8) is 0 Å². The molecule has 0 unspecified atom stereocenters. The number of furan rings is 1. The van der Waals surface area contributed by atoms with E-state index >= 15 is 0 Å². The summed E-state index contributed by atoms with van der Waals surface area (Å²) in [6.07, 6.45) is 4.60. The lowest BCUT2D eigenvalue weighted by Crippen LogP contribution is -1.97. The van der Waals surface area contributed by atoms with Crippen molar-refractivity contribution in [2.45, 2.75) is 6.61 Å². The van der Waals surface area contributed by atoms with Gasteiger partial charge in [-0.2, -0.15) is 0 Å². The molecule has 5 heteroatoms. The molecule has 0 spiro atoms. The highest BCUT2D eigenvalue weighted by molar-refractivity contribution is 6.30. The molecule has 0 atom stereocenters. The predicted octanol–water partition coefficient (Wildman–Crippen LogP) is 2.30. The fourth-order valence-electron chi connectivity index (χ4n) is 0.939. The maximum absolute atomic E-state index is 5.74. The van der Waals surface area contributed by atoms with Crippen LogP contribution >= 0.6 is 11.6 Å². The van der Waals surface area contributed by atoms with Crippen molar-refractivity contribution in [3.05, 3.63) is 41.7 Å². The van der Waals surface area contributed by atoms with Gasteiger partial charge in [-0.15, -0.1) is 0 Å². The van der Waals surface area contributed by atoms with E-state index in [0.717, 1.165) is 0 Å². The predicted molar refractivity (Wildman–Crippen MR) is 50.1 cm³/mol. The van der Waals surface area contributed by atoms with Crippen molar-refractivity contribution in [2.24, 2.45) is 0 Å². The maximum atomic E-state index is 5.74. The number of halogens is 1. The Labute approximate surface area is 85.5 Å². The zero-order valence-electron chi connectivity index (χ0n) is 7.18. The molecule has 14 heavy (non-hydrogen) atoms. The molecule has 0 saturated heterocycles. The first-order valence-electron chi connectivity index (χ1n) is 3.98. The molecule has 0 aliphatic carbocycles. The van der Waals surface area contributed by atoms with Crippen molar-refractivity contribution in [1.29, 1.82) is 0 Å². The molecule has 0 aromatic carbocycles. The highest BCUT2D eigenvalue weighted by Gasteiger charge is 2.04. The molecule has 0 bridgehead atoms. The van der Waals surface area contributed by atoms with Crippen molar-refractivity contribution >= 4 is 11.6 Å². The third kappa shape index (κ3) is 2.03. The summed E-state index contributed by atoms with van der Waals surface area (Å²) in [6, 6.07) is 3.60. The van der Waals surface area contributed by atoms with Gasteiger partial charge in [0, 0.05) is 12.4 Å². The fraction of sp³-hybridized carbons (Fsp3) is 0.111. The Balaban J connectivity index is 2.02. The molecule has 0 fully saturated rings. The normalized spacial score (nSPS) is 10.1. The molecule has 0 saturated carbocycles. The lowest BCUT2D eigenvalue weighted by Gasteiger charge is -2.02. The summed E-state index contributed by atoms with van der Waals surface area (Å²) < 4.78 is 10.4. The number of hydrogen-bond donors (Lipinski definition) is 0. The number of rotatable bonds is 3. The first-order valence-corrected chi connectivity index (χ1v) is 4.36. The summed E-state index contributed by atoms with van der Waals surface area (Å²) in [4.78, 5) is 7.75. The van der Waals surface area contributed by atoms with Crippen LogP contribution in [0.5, 0.6) is 5.88 Å². The van der Waals surface area contributed by atoms with E-state index < -0.39 is 0 Å². The van der Waals surface area contributed by atoms with Gasteiger partial charge in [-0.1, -0.05) is 11.6 Å². The standard InChI is InChI=1S/C9H7ClN2O2/c10-8-9(12-4-3-11-8)14-6-7-2-1-5-13-7/h1-5H,6H2. The Kier molecular flexibility index (Phi) is 2.65. The second-order valence-electron chi connectivity index (χ2n) is 2.52. The molecule has 0 amide bonds. The van der Waals surface area contributed by atoms with Crippen LogP contribution in [0.4, 0.5) is 0 Å². The Hall–Kier alpha value is -1.55. The van der Waals surface area contributed by atoms with Gasteiger partial charge in [0.1, 0.15) is 12.4 Å². The zero-order chi connectivity index (χ0) is 9.80. The number of hydrogen-bond acceptors (Lipinski definition) is 4. The minimum atomic E-state index is 0.249. The molecule has 2 aromatic heterocycles. The second kappa shape index (κ2) is 4.11. The van der Waals surface area contributed by atoms with E-state index in [2.05, 4.69) is 9.97 Å². The topological polar surface area (TPSA) is 48.2 Å². The van der Waals surface area contributed by atoms with E-state index in [0.29, 0.717) is 18.2 Å². The molecular formula is C9H7ClN2O2.